The van der Waals surface area contributed by atoms with Crippen LogP contribution in [-0.4, -0.2) is 42.2 Å². The zero-order valence-corrected chi connectivity index (χ0v) is 23.0. The second kappa shape index (κ2) is 12.5. The van der Waals surface area contributed by atoms with E-state index >= 15 is 0 Å². The molecule has 184 valence electrons. The monoisotopic (exact) mass is 506 g/mol. The average molecular weight is 507 g/mol. The SMILES string of the molecule is CO[C@H]1C[C@@H](c2nc(-c3ccccc3)c(-c3ccccc3)o2)N(Cc2cccc(OCC(=O)[O-])c2)C1.[Na+]. The number of oxazole rings is 1. The molecule has 0 aliphatic carbocycles. The van der Waals surface area contributed by atoms with E-state index in [2.05, 4.69) is 4.90 Å². The Bertz CT molecular complexity index is 1260. The van der Waals surface area contributed by atoms with Gasteiger partial charge in [-0.2, -0.15) is 0 Å². The molecular formula is C29H27N2NaO5. The molecule has 1 aliphatic heterocycles. The van der Waals surface area contributed by atoms with Gasteiger partial charge in [0.05, 0.1) is 18.1 Å². The van der Waals surface area contributed by atoms with E-state index in [-0.39, 0.29) is 41.7 Å². The summed E-state index contributed by atoms with van der Waals surface area (Å²) in [6.07, 6.45) is 0.792. The fraction of sp³-hybridized carbons (Fsp3) is 0.241. The largest absolute Gasteiger partial charge is 1.00 e. The molecule has 0 bridgehead atoms. The topological polar surface area (TPSA) is 87.9 Å². The average Bonchev–Trinajstić information content (AvgIpc) is 3.53. The van der Waals surface area contributed by atoms with Gasteiger partial charge in [0.15, 0.2) is 5.76 Å². The van der Waals surface area contributed by atoms with E-state index in [1.165, 1.54) is 0 Å². The van der Waals surface area contributed by atoms with Gasteiger partial charge < -0.3 is 23.8 Å². The van der Waals surface area contributed by atoms with Crippen LogP contribution in [0.5, 0.6) is 5.75 Å². The van der Waals surface area contributed by atoms with E-state index in [0.717, 1.165) is 41.1 Å². The standard InChI is InChI=1S/C29H28N2O5.Na/c1-34-24-16-25(31(18-24)17-20-9-8-14-23(15-20)35-19-26(32)33)29-30-27(21-10-4-2-5-11-21)28(36-29)22-12-6-3-7-13-22;/h2-15,24-25H,16-19H2,1H3,(H,32,33);/q;+1/p-1/t24-,25-;/m0./s1. The predicted molar refractivity (Wildman–Crippen MR) is 133 cm³/mol. The van der Waals surface area contributed by atoms with Crippen LogP contribution in [0.15, 0.2) is 89.3 Å². The van der Waals surface area contributed by atoms with Gasteiger partial charge in [-0.15, -0.1) is 0 Å². The van der Waals surface area contributed by atoms with Crippen LogP contribution in [0.3, 0.4) is 0 Å². The van der Waals surface area contributed by atoms with Gasteiger partial charge in [-0.3, -0.25) is 4.90 Å². The van der Waals surface area contributed by atoms with Crippen molar-refractivity contribution in [3.05, 3.63) is 96.4 Å². The summed E-state index contributed by atoms with van der Waals surface area (Å²) in [6, 6.07) is 27.4. The second-order valence-electron chi connectivity index (χ2n) is 8.81. The molecule has 0 N–H and O–H groups in total. The molecule has 5 rings (SSSR count). The quantitative estimate of drug-likeness (QED) is 0.314. The Labute approximate surface area is 238 Å². The van der Waals surface area contributed by atoms with Crippen molar-refractivity contribution in [3.8, 4) is 28.3 Å². The van der Waals surface area contributed by atoms with Gasteiger partial charge in [-0.25, -0.2) is 4.98 Å². The van der Waals surface area contributed by atoms with E-state index in [1.54, 1.807) is 13.2 Å². The zero-order valence-electron chi connectivity index (χ0n) is 21.0. The van der Waals surface area contributed by atoms with Gasteiger partial charge in [0.1, 0.15) is 18.1 Å². The van der Waals surface area contributed by atoms with Gasteiger partial charge in [0, 0.05) is 31.3 Å². The van der Waals surface area contributed by atoms with E-state index in [1.807, 2.05) is 78.9 Å². The Kier molecular flexibility index (Phi) is 9.18. The number of hydrogen-bond donors (Lipinski definition) is 0. The van der Waals surface area contributed by atoms with Crippen LogP contribution in [0.25, 0.3) is 22.6 Å². The van der Waals surface area contributed by atoms with Crippen LogP contribution in [-0.2, 0) is 16.1 Å². The third-order valence-corrected chi connectivity index (χ3v) is 6.35. The number of hydrogen-bond acceptors (Lipinski definition) is 7. The van der Waals surface area contributed by atoms with Crippen LogP contribution >= 0.6 is 0 Å². The van der Waals surface area contributed by atoms with Crippen LogP contribution < -0.4 is 39.4 Å². The summed E-state index contributed by atoms with van der Waals surface area (Å²) in [6.45, 7) is 0.841. The number of benzene rings is 3. The number of aromatic nitrogens is 1. The van der Waals surface area contributed by atoms with Crippen molar-refractivity contribution in [1.82, 2.24) is 9.88 Å². The molecule has 0 unspecified atom stereocenters. The first-order valence-electron chi connectivity index (χ1n) is 11.9. The molecule has 1 fully saturated rings. The molecule has 1 aromatic heterocycles. The van der Waals surface area contributed by atoms with Crippen LogP contribution in [0.1, 0.15) is 23.9 Å². The maximum absolute atomic E-state index is 10.8. The minimum absolute atomic E-state index is 0. The molecule has 8 heteroatoms. The summed E-state index contributed by atoms with van der Waals surface area (Å²) >= 11 is 0. The summed E-state index contributed by atoms with van der Waals surface area (Å²) in [5.41, 5.74) is 3.78. The number of rotatable bonds is 9. The molecule has 7 nitrogen and oxygen atoms in total. The Hall–Kier alpha value is -2.94. The minimum Gasteiger partial charge on any atom is -0.546 e. The fourth-order valence-corrected chi connectivity index (χ4v) is 4.63. The van der Waals surface area contributed by atoms with Crippen LogP contribution in [0, 0.1) is 0 Å². The summed E-state index contributed by atoms with van der Waals surface area (Å²) in [7, 11) is 1.72. The molecule has 0 saturated carbocycles. The summed E-state index contributed by atoms with van der Waals surface area (Å²) in [4.78, 5) is 18.0. The Balaban J connectivity index is 0.00000320. The molecule has 0 amide bonds. The van der Waals surface area contributed by atoms with Gasteiger partial charge in [-0.1, -0.05) is 72.8 Å². The zero-order chi connectivity index (χ0) is 24.9. The number of carbonyl (C=O) groups excluding carboxylic acids is 1. The predicted octanol–water partition coefficient (Wildman–Crippen LogP) is 1.10. The van der Waals surface area contributed by atoms with Crippen molar-refractivity contribution in [2.75, 3.05) is 20.3 Å². The normalized spacial score (nSPS) is 17.3. The van der Waals surface area contributed by atoms with Crippen molar-refractivity contribution in [2.24, 2.45) is 0 Å². The van der Waals surface area contributed by atoms with Crippen LogP contribution in [0.2, 0.25) is 0 Å². The first kappa shape index (κ1) is 27.1. The molecule has 2 atom stereocenters. The number of nitrogens with zero attached hydrogens (tertiary/aromatic N) is 2. The van der Waals surface area contributed by atoms with Crippen molar-refractivity contribution in [2.45, 2.75) is 25.1 Å². The maximum Gasteiger partial charge on any atom is 1.00 e. The van der Waals surface area contributed by atoms with Gasteiger partial charge in [0.2, 0.25) is 5.89 Å². The Morgan fingerprint density at radius 1 is 1.03 bits per heavy atom. The number of aliphatic carboxylic acids is 1. The molecule has 4 aromatic rings. The molecule has 0 radical (unpaired) electrons. The van der Waals surface area contributed by atoms with Gasteiger partial charge >= 0.3 is 29.6 Å². The summed E-state index contributed by atoms with van der Waals surface area (Å²) < 4.78 is 17.5. The number of ether oxygens (including phenoxy) is 2. The Morgan fingerprint density at radius 2 is 1.73 bits per heavy atom. The summed E-state index contributed by atoms with van der Waals surface area (Å²) in [5, 5.41) is 10.8. The second-order valence-corrected chi connectivity index (χ2v) is 8.81. The first-order valence-corrected chi connectivity index (χ1v) is 11.9. The van der Waals surface area contributed by atoms with Crippen molar-refractivity contribution < 1.29 is 53.3 Å². The third-order valence-electron chi connectivity index (χ3n) is 6.35. The third kappa shape index (κ3) is 6.50. The molecule has 1 saturated heterocycles. The van der Waals surface area contributed by atoms with Gasteiger partial charge in [-0.05, 0) is 24.1 Å². The van der Waals surface area contributed by atoms with E-state index < -0.39 is 12.6 Å². The Morgan fingerprint density at radius 3 is 2.41 bits per heavy atom. The molecule has 3 aromatic carbocycles. The number of carboxylic acid groups (broad SMARTS) is 1. The smallest absolute Gasteiger partial charge is 0.546 e. The molecule has 2 heterocycles. The first-order chi connectivity index (χ1) is 17.6. The summed E-state index contributed by atoms with van der Waals surface area (Å²) in [5.74, 6) is 0.631. The number of carbonyl (C=O) groups is 1. The molecule has 37 heavy (non-hydrogen) atoms. The van der Waals surface area contributed by atoms with E-state index in [4.69, 9.17) is 18.9 Å². The number of methoxy groups -OCH3 is 1. The molecular weight excluding hydrogens is 479 g/mol. The minimum atomic E-state index is -1.25. The van der Waals surface area contributed by atoms with Crippen molar-refractivity contribution >= 4 is 5.97 Å². The van der Waals surface area contributed by atoms with E-state index in [0.29, 0.717) is 18.2 Å². The molecule has 0 spiro atoms. The van der Waals surface area contributed by atoms with Gasteiger partial charge in [0.25, 0.3) is 0 Å². The molecule has 1 aliphatic rings. The fourth-order valence-electron chi connectivity index (χ4n) is 4.63. The number of carboxylic acids is 1. The van der Waals surface area contributed by atoms with Crippen molar-refractivity contribution in [1.29, 1.82) is 0 Å². The van der Waals surface area contributed by atoms with E-state index in [9.17, 15) is 9.90 Å². The van der Waals surface area contributed by atoms with Crippen LogP contribution in [0.4, 0.5) is 0 Å². The van der Waals surface area contributed by atoms with Crippen molar-refractivity contribution in [3.63, 3.8) is 0 Å². The number of likely N-dealkylation sites (tertiary alicyclic amines) is 1. The maximum atomic E-state index is 10.8.